The lowest BCUT2D eigenvalue weighted by Crippen LogP contribution is -2.23. The van der Waals surface area contributed by atoms with Gasteiger partial charge < -0.3 is 9.84 Å². The molecule has 0 fully saturated rings. The van der Waals surface area contributed by atoms with E-state index in [-0.39, 0.29) is 5.91 Å². The predicted octanol–water partition coefficient (Wildman–Crippen LogP) is 5.92. The van der Waals surface area contributed by atoms with Crippen molar-refractivity contribution in [2.75, 3.05) is 6.54 Å². The Morgan fingerprint density at radius 1 is 1.04 bits per heavy atom. The number of aromatic nitrogens is 1. The van der Waals surface area contributed by atoms with Crippen LogP contribution in [0.5, 0.6) is 0 Å². The molecule has 1 N–H and O–H groups in total. The zero-order valence-electron chi connectivity index (χ0n) is 16.7. The molecule has 0 aliphatic heterocycles. The normalized spacial score (nSPS) is 11.5. The first-order chi connectivity index (χ1) is 13.5. The number of nitrogens with one attached hydrogen (secondary N) is 1. The Kier molecular flexibility index (Phi) is 6.43. The van der Waals surface area contributed by atoms with E-state index in [9.17, 15) is 4.79 Å². The van der Waals surface area contributed by atoms with Crippen molar-refractivity contribution in [2.45, 2.75) is 33.6 Å². The summed E-state index contributed by atoms with van der Waals surface area (Å²) < 4.78 is 5.39. The second kappa shape index (κ2) is 9.18. The van der Waals surface area contributed by atoms with E-state index in [2.05, 4.69) is 49.5 Å². The van der Waals surface area contributed by atoms with Crippen LogP contribution in [0.1, 0.15) is 44.1 Å². The molecule has 0 saturated carbocycles. The van der Waals surface area contributed by atoms with Crippen molar-refractivity contribution in [1.82, 2.24) is 10.5 Å². The van der Waals surface area contributed by atoms with Gasteiger partial charge in [-0.15, -0.1) is 0 Å². The van der Waals surface area contributed by atoms with E-state index in [0.29, 0.717) is 18.0 Å². The van der Waals surface area contributed by atoms with Gasteiger partial charge in [0.15, 0.2) is 11.5 Å². The fourth-order valence-electron chi connectivity index (χ4n) is 2.96. The topological polar surface area (TPSA) is 55.1 Å². The van der Waals surface area contributed by atoms with Crippen LogP contribution in [0.15, 0.2) is 76.4 Å². The number of rotatable bonds is 7. The van der Waals surface area contributed by atoms with E-state index < -0.39 is 0 Å². The van der Waals surface area contributed by atoms with Crippen LogP contribution in [0.2, 0.25) is 0 Å². The lowest BCUT2D eigenvalue weighted by atomic mass is 10.1. The Balaban J connectivity index is 1.60. The van der Waals surface area contributed by atoms with Gasteiger partial charge in [0.2, 0.25) is 0 Å². The Labute approximate surface area is 165 Å². The molecule has 0 saturated heterocycles. The fourth-order valence-corrected chi connectivity index (χ4v) is 2.96. The van der Waals surface area contributed by atoms with Gasteiger partial charge in [0.1, 0.15) is 0 Å². The summed E-state index contributed by atoms with van der Waals surface area (Å²) >= 11 is 0. The summed E-state index contributed by atoms with van der Waals surface area (Å²) in [6.45, 7) is 6.77. The largest absolute Gasteiger partial charge is 0.355 e. The maximum absolute atomic E-state index is 12.3. The minimum Gasteiger partial charge on any atom is -0.355 e. The molecule has 0 spiro atoms. The summed E-state index contributed by atoms with van der Waals surface area (Å²) in [6, 6.07) is 15.9. The zero-order chi connectivity index (χ0) is 19.9. The molecule has 4 heteroatoms. The maximum atomic E-state index is 12.3. The quantitative estimate of drug-likeness (QED) is 0.522. The molecular weight excluding hydrogens is 348 g/mol. The first-order valence-electron chi connectivity index (χ1n) is 9.56. The van der Waals surface area contributed by atoms with Gasteiger partial charge in [0.05, 0.1) is 0 Å². The lowest BCUT2D eigenvalue weighted by molar-refractivity contribution is 0.0949. The van der Waals surface area contributed by atoms with Crippen LogP contribution in [0, 0.1) is 0 Å². The van der Waals surface area contributed by atoms with Crippen LogP contribution in [0.25, 0.3) is 22.1 Å². The molecule has 1 heterocycles. The van der Waals surface area contributed by atoms with Gasteiger partial charge in [-0.1, -0.05) is 64.9 Å². The van der Waals surface area contributed by atoms with Crippen LogP contribution in [-0.4, -0.2) is 17.6 Å². The van der Waals surface area contributed by atoms with E-state index in [0.717, 1.165) is 29.2 Å². The van der Waals surface area contributed by atoms with Crippen molar-refractivity contribution in [3.05, 3.63) is 77.5 Å². The predicted molar refractivity (Wildman–Crippen MR) is 114 cm³/mol. The van der Waals surface area contributed by atoms with Gasteiger partial charge in [-0.3, -0.25) is 4.79 Å². The van der Waals surface area contributed by atoms with Crippen LogP contribution in [0.3, 0.4) is 0 Å². The average Bonchev–Trinajstić information content (AvgIpc) is 3.17. The van der Waals surface area contributed by atoms with Crippen molar-refractivity contribution in [2.24, 2.45) is 0 Å². The second-order valence-corrected chi connectivity index (χ2v) is 7.22. The molecule has 144 valence electrons. The van der Waals surface area contributed by atoms with Gasteiger partial charge in [0.25, 0.3) is 5.91 Å². The Morgan fingerprint density at radius 3 is 2.61 bits per heavy atom. The first kappa shape index (κ1) is 19.6. The fraction of sp³-hybridized carbons (Fsp3) is 0.250. The summed E-state index contributed by atoms with van der Waals surface area (Å²) in [5, 5.41) is 9.08. The molecule has 0 atom stereocenters. The summed E-state index contributed by atoms with van der Waals surface area (Å²) in [7, 11) is 0. The molecule has 3 rings (SSSR count). The van der Waals surface area contributed by atoms with Gasteiger partial charge in [-0.25, -0.2) is 0 Å². The third kappa shape index (κ3) is 5.19. The summed E-state index contributed by atoms with van der Waals surface area (Å²) in [5.41, 5.74) is 3.78. The van der Waals surface area contributed by atoms with E-state index >= 15 is 0 Å². The van der Waals surface area contributed by atoms with Crippen molar-refractivity contribution in [1.29, 1.82) is 0 Å². The van der Waals surface area contributed by atoms with Crippen molar-refractivity contribution >= 4 is 16.7 Å². The van der Waals surface area contributed by atoms with Crippen LogP contribution < -0.4 is 5.32 Å². The molecule has 1 amide bonds. The number of allylic oxidation sites excluding steroid dienone is 3. The van der Waals surface area contributed by atoms with Crippen molar-refractivity contribution in [3.63, 3.8) is 0 Å². The number of carbonyl (C=O) groups is 1. The Morgan fingerprint density at radius 2 is 1.82 bits per heavy atom. The van der Waals surface area contributed by atoms with E-state index in [1.807, 2.05) is 36.4 Å². The maximum Gasteiger partial charge on any atom is 0.273 e. The van der Waals surface area contributed by atoms with Crippen LogP contribution in [0.4, 0.5) is 0 Å². The molecule has 28 heavy (non-hydrogen) atoms. The number of hydrogen-bond acceptors (Lipinski definition) is 3. The summed E-state index contributed by atoms with van der Waals surface area (Å²) in [5.74, 6) is 0.355. The molecule has 0 bridgehead atoms. The number of amides is 1. The average molecular weight is 374 g/mol. The van der Waals surface area contributed by atoms with Crippen molar-refractivity contribution in [3.8, 4) is 11.3 Å². The SMILES string of the molecule is CC(C)=CCCC(C)=CCNC(=O)c1cc(-c2ccc3ccccc3c2)on1. The summed E-state index contributed by atoms with van der Waals surface area (Å²) in [4.78, 5) is 12.3. The minimum atomic E-state index is -0.232. The van der Waals surface area contributed by atoms with E-state index in [4.69, 9.17) is 4.52 Å². The first-order valence-corrected chi connectivity index (χ1v) is 9.56. The van der Waals surface area contributed by atoms with Gasteiger partial charge in [-0.2, -0.15) is 0 Å². The molecule has 3 aromatic rings. The van der Waals surface area contributed by atoms with Crippen LogP contribution >= 0.6 is 0 Å². The highest BCUT2D eigenvalue weighted by molar-refractivity contribution is 5.93. The van der Waals surface area contributed by atoms with E-state index in [1.54, 1.807) is 6.07 Å². The Bertz CT molecular complexity index is 1020. The highest BCUT2D eigenvalue weighted by atomic mass is 16.5. The van der Waals surface area contributed by atoms with Crippen molar-refractivity contribution < 1.29 is 9.32 Å². The molecule has 2 aromatic carbocycles. The molecule has 0 radical (unpaired) electrons. The number of nitrogens with zero attached hydrogens (tertiary/aromatic N) is 1. The van der Waals surface area contributed by atoms with Gasteiger partial charge >= 0.3 is 0 Å². The number of fused-ring (bicyclic) bond motifs is 1. The second-order valence-electron chi connectivity index (χ2n) is 7.22. The van der Waals surface area contributed by atoms with Gasteiger partial charge in [0, 0.05) is 18.2 Å². The number of benzene rings is 2. The molecule has 0 unspecified atom stereocenters. The zero-order valence-corrected chi connectivity index (χ0v) is 16.7. The minimum absolute atomic E-state index is 0.232. The molecule has 0 aliphatic carbocycles. The summed E-state index contributed by atoms with van der Waals surface area (Å²) in [6.07, 6.45) is 6.29. The van der Waals surface area contributed by atoms with Gasteiger partial charge in [-0.05, 0) is 50.5 Å². The highest BCUT2D eigenvalue weighted by Crippen LogP contribution is 2.25. The highest BCUT2D eigenvalue weighted by Gasteiger charge is 2.13. The third-order valence-corrected chi connectivity index (χ3v) is 4.58. The van der Waals surface area contributed by atoms with Crippen LogP contribution in [-0.2, 0) is 0 Å². The third-order valence-electron chi connectivity index (χ3n) is 4.58. The van der Waals surface area contributed by atoms with E-state index in [1.165, 1.54) is 11.1 Å². The molecule has 1 aromatic heterocycles. The number of carbonyl (C=O) groups excluding carboxylic acids is 1. The number of hydrogen-bond donors (Lipinski definition) is 1. The lowest BCUT2D eigenvalue weighted by Gasteiger charge is -2.01. The molecule has 0 aliphatic rings. The monoisotopic (exact) mass is 374 g/mol. The Hall–Kier alpha value is -3.14. The standard InChI is InChI=1S/C24H26N2O2/c1-17(2)7-6-8-18(3)13-14-25-24(27)22-16-23(28-26-22)21-12-11-19-9-4-5-10-20(19)15-21/h4-5,7,9-13,15-16H,6,8,14H2,1-3H3,(H,25,27). The molecule has 4 nitrogen and oxygen atoms in total. The molecular formula is C24H26N2O2. The smallest absolute Gasteiger partial charge is 0.273 e.